The summed E-state index contributed by atoms with van der Waals surface area (Å²) < 4.78 is 4.88. The van der Waals surface area contributed by atoms with Crippen LogP contribution in [0.2, 0.25) is 0 Å². The van der Waals surface area contributed by atoms with Crippen LogP contribution in [0.3, 0.4) is 0 Å². The van der Waals surface area contributed by atoms with Gasteiger partial charge in [0.05, 0.1) is 27.8 Å². The van der Waals surface area contributed by atoms with Crippen molar-refractivity contribution in [3.05, 3.63) is 206 Å². The molecule has 2 aromatic heterocycles. The zero-order chi connectivity index (χ0) is 36.7. The Labute approximate surface area is 323 Å². The Kier molecular flexibility index (Phi) is 6.66. The lowest BCUT2D eigenvalue weighted by molar-refractivity contribution is 1.18. The van der Waals surface area contributed by atoms with E-state index in [1.54, 1.807) is 0 Å². The molecule has 0 saturated carbocycles. The molecular formula is C54H34N2. The number of benzene rings is 10. The molecule has 0 saturated heterocycles. The molecule has 2 heterocycles. The van der Waals surface area contributed by atoms with Crippen molar-refractivity contribution in [2.75, 3.05) is 0 Å². The van der Waals surface area contributed by atoms with Crippen molar-refractivity contribution in [3.63, 3.8) is 0 Å². The average Bonchev–Trinajstić information content (AvgIpc) is 3.80. The second-order valence-corrected chi connectivity index (χ2v) is 14.9. The zero-order valence-electron chi connectivity index (χ0n) is 30.5. The third-order valence-corrected chi connectivity index (χ3v) is 11.9. The highest BCUT2D eigenvalue weighted by atomic mass is 15.0. The van der Waals surface area contributed by atoms with Crippen LogP contribution in [0.5, 0.6) is 0 Å². The molecule has 12 rings (SSSR count). The molecule has 2 heteroatoms. The molecule has 0 atom stereocenters. The number of hydrogen-bond acceptors (Lipinski definition) is 0. The van der Waals surface area contributed by atoms with Crippen LogP contribution in [0, 0.1) is 0 Å². The summed E-state index contributed by atoms with van der Waals surface area (Å²) in [5.41, 5.74) is 12.1. The molecule has 2 nitrogen and oxygen atoms in total. The maximum atomic E-state index is 2.46. The van der Waals surface area contributed by atoms with Gasteiger partial charge in [0.25, 0.3) is 0 Å². The summed E-state index contributed by atoms with van der Waals surface area (Å²) in [7, 11) is 0. The maximum Gasteiger partial charge on any atom is 0.0547 e. The lowest BCUT2D eigenvalue weighted by atomic mass is 9.95. The summed E-state index contributed by atoms with van der Waals surface area (Å²) >= 11 is 0. The van der Waals surface area contributed by atoms with E-state index in [1.165, 1.54) is 104 Å². The number of para-hydroxylation sites is 2. The summed E-state index contributed by atoms with van der Waals surface area (Å²) in [5, 5.41) is 12.6. The number of rotatable bonds is 4. The lowest BCUT2D eigenvalue weighted by Crippen LogP contribution is -1.95. The van der Waals surface area contributed by atoms with Gasteiger partial charge in [0.2, 0.25) is 0 Å². The first kappa shape index (κ1) is 31.0. The molecule has 0 fully saturated rings. The lowest BCUT2D eigenvalue weighted by Gasteiger charge is -2.12. The largest absolute Gasteiger partial charge is 0.309 e. The van der Waals surface area contributed by atoms with Crippen LogP contribution in [0.4, 0.5) is 0 Å². The van der Waals surface area contributed by atoms with Crippen LogP contribution < -0.4 is 0 Å². The van der Waals surface area contributed by atoms with Crippen molar-refractivity contribution in [1.82, 2.24) is 9.13 Å². The molecule has 260 valence electrons. The molecular weight excluding hydrogens is 677 g/mol. The monoisotopic (exact) mass is 710 g/mol. The molecule has 56 heavy (non-hydrogen) atoms. The maximum absolute atomic E-state index is 2.46. The summed E-state index contributed by atoms with van der Waals surface area (Å²) in [6, 6.07) is 75.7. The summed E-state index contributed by atoms with van der Waals surface area (Å²) in [4.78, 5) is 0. The minimum Gasteiger partial charge on any atom is -0.309 e. The fourth-order valence-corrected chi connectivity index (χ4v) is 9.31. The van der Waals surface area contributed by atoms with E-state index in [-0.39, 0.29) is 0 Å². The molecule has 0 radical (unpaired) electrons. The highest BCUT2D eigenvalue weighted by Crippen LogP contribution is 2.42. The highest BCUT2D eigenvalue weighted by Gasteiger charge is 2.18. The molecule has 10 aromatic carbocycles. The number of hydrogen-bond donors (Lipinski definition) is 0. The Bertz CT molecular complexity index is 3510. The van der Waals surface area contributed by atoms with Crippen LogP contribution in [0.25, 0.3) is 110 Å². The van der Waals surface area contributed by atoms with Crippen LogP contribution in [-0.4, -0.2) is 9.13 Å². The fraction of sp³-hybridized carbons (Fsp3) is 0. The van der Waals surface area contributed by atoms with Crippen LogP contribution in [-0.2, 0) is 0 Å². The Morgan fingerprint density at radius 1 is 0.250 bits per heavy atom. The SMILES string of the molecule is c1ccc(-c2ccc(-n3c4ccccc4c4c5cc(-c6ccc7ccc8c(c7c6)c6ccccc6n8-c6cccc7ccccc67)ccc5ccc43)cc2)cc1. The quantitative estimate of drug-likeness (QED) is 0.172. The highest BCUT2D eigenvalue weighted by molar-refractivity contribution is 6.24. The van der Waals surface area contributed by atoms with E-state index < -0.39 is 0 Å². The Morgan fingerprint density at radius 2 is 0.714 bits per heavy atom. The number of fused-ring (bicyclic) bond motifs is 11. The van der Waals surface area contributed by atoms with Gasteiger partial charge in [0, 0.05) is 32.6 Å². The van der Waals surface area contributed by atoms with Gasteiger partial charge in [-0.25, -0.2) is 0 Å². The van der Waals surface area contributed by atoms with Gasteiger partial charge >= 0.3 is 0 Å². The average molecular weight is 711 g/mol. The molecule has 0 amide bonds. The normalized spacial score (nSPS) is 11.9. The smallest absolute Gasteiger partial charge is 0.0547 e. The van der Waals surface area contributed by atoms with Crippen LogP contribution in [0.1, 0.15) is 0 Å². The van der Waals surface area contributed by atoms with Crippen LogP contribution >= 0.6 is 0 Å². The van der Waals surface area contributed by atoms with E-state index in [4.69, 9.17) is 0 Å². The summed E-state index contributed by atoms with van der Waals surface area (Å²) in [6.07, 6.45) is 0. The second kappa shape index (κ2) is 12.0. The van der Waals surface area contributed by atoms with Gasteiger partial charge in [-0.3, -0.25) is 0 Å². The van der Waals surface area contributed by atoms with Gasteiger partial charge in [-0.05, 0) is 104 Å². The summed E-state index contributed by atoms with van der Waals surface area (Å²) in [5.74, 6) is 0. The standard InChI is InChI=1S/C54H34N2/c1-2-11-35(12-3-1)36-25-29-42(30-26-36)55-49-18-8-6-16-44(49)53-46-33-40(23-21-38(46)27-31-51(53)55)41-24-22-39-28-32-52-54(47(39)34-41)45-17-7-9-19-50(45)56(52)48-20-10-14-37-13-4-5-15-43(37)48/h1-34H. The zero-order valence-corrected chi connectivity index (χ0v) is 30.5. The molecule has 0 spiro atoms. The van der Waals surface area contributed by atoms with Gasteiger partial charge in [-0.2, -0.15) is 0 Å². The van der Waals surface area contributed by atoms with E-state index in [0.29, 0.717) is 0 Å². The molecule has 0 unspecified atom stereocenters. The first-order valence-corrected chi connectivity index (χ1v) is 19.3. The third kappa shape index (κ3) is 4.57. The van der Waals surface area contributed by atoms with Crippen molar-refractivity contribution in [1.29, 1.82) is 0 Å². The predicted molar refractivity (Wildman–Crippen MR) is 239 cm³/mol. The molecule has 0 aliphatic heterocycles. The first-order chi connectivity index (χ1) is 27.8. The first-order valence-electron chi connectivity index (χ1n) is 19.3. The van der Waals surface area contributed by atoms with Gasteiger partial charge in [-0.15, -0.1) is 0 Å². The Hall–Kier alpha value is -7.42. The van der Waals surface area contributed by atoms with Crippen molar-refractivity contribution < 1.29 is 0 Å². The topological polar surface area (TPSA) is 9.86 Å². The minimum atomic E-state index is 1.16. The molecule has 0 aliphatic carbocycles. The molecule has 0 aliphatic rings. The molecule has 0 N–H and O–H groups in total. The fourth-order valence-electron chi connectivity index (χ4n) is 9.31. The van der Waals surface area contributed by atoms with Crippen molar-refractivity contribution in [3.8, 4) is 33.6 Å². The molecule has 0 bridgehead atoms. The van der Waals surface area contributed by atoms with E-state index in [2.05, 4.69) is 215 Å². The minimum absolute atomic E-state index is 1.16. The van der Waals surface area contributed by atoms with Crippen LogP contribution in [0.15, 0.2) is 206 Å². The number of aromatic nitrogens is 2. The van der Waals surface area contributed by atoms with E-state index >= 15 is 0 Å². The van der Waals surface area contributed by atoms with Crippen molar-refractivity contribution >= 4 is 75.9 Å². The van der Waals surface area contributed by atoms with E-state index in [1.807, 2.05) is 0 Å². The Morgan fingerprint density at radius 3 is 1.38 bits per heavy atom. The second-order valence-electron chi connectivity index (χ2n) is 14.9. The van der Waals surface area contributed by atoms with E-state index in [0.717, 1.165) is 5.69 Å². The van der Waals surface area contributed by atoms with Gasteiger partial charge in [0.15, 0.2) is 0 Å². The van der Waals surface area contributed by atoms with Crippen molar-refractivity contribution in [2.24, 2.45) is 0 Å². The van der Waals surface area contributed by atoms with Gasteiger partial charge in [0.1, 0.15) is 0 Å². The molecule has 12 aromatic rings. The summed E-state index contributed by atoms with van der Waals surface area (Å²) in [6.45, 7) is 0. The van der Waals surface area contributed by atoms with Crippen molar-refractivity contribution in [2.45, 2.75) is 0 Å². The Balaban J connectivity index is 1.06. The third-order valence-electron chi connectivity index (χ3n) is 11.9. The predicted octanol–water partition coefficient (Wildman–Crippen LogP) is 14.7. The van der Waals surface area contributed by atoms with Gasteiger partial charge in [-0.1, -0.05) is 152 Å². The van der Waals surface area contributed by atoms with E-state index in [9.17, 15) is 0 Å². The van der Waals surface area contributed by atoms with Gasteiger partial charge < -0.3 is 9.13 Å². The number of nitrogens with zero attached hydrogens (tertiary/aromatic N) is 2.